The lowest BCUT2D eigenvalue weighted by Gasteiger charge is -2.33. The molecule has 3 aromatic rings. The Balaban J connectivity index is 1.45. The summed E-state index contributed by atoms with van der Waals surface area (Å²) in [6.07, 6.45) is 7.44. The molecule has 174 valence electrons. The summed E-state index contributed by atoms with van der Waals surface area (Å²) in [6.45, 7) is 2.46. The van der Waals surface area contributed by atoms with Crippen LogP contribution in [0.3, 0.4) is 0 Å². The molecule has 33 heavy (non-hydrogen) atoms. The van der Waals surface area contributed by atoms with Gasteiger partial charge in [0.1, 0.15) is 11.4 Å². The Morgan fingerprint density at radius 1 is 1.27 bits per heavy atom. The van der Waals surface area contributed by atoms with Crippen LogP contribution in [0.2, 0.25) is 0 Å². The summed E-state index contributed by atoms with van der Waals surface area (Å²) in [7, 11) is 0. The number of aliphatic hydroxyl groups is 1. The van der Waals surface area contributed by atoms with Gasteiger partial charge < -0.3 is 20.4 Å². The van der Waals surface area contributed by atoms with E-state index in [2.05, 4.69) is 5.32 Å². The van der Waals surface area contributed by atoms with Crippen LogP contribution in [-0.2, 0) is 0 Å². The fourth-order valence-corrected chi connectivity index (χ4v) is 4.32. The molecule has 9 nitrogen and oxygen atoms in total. The lowest BCUT2D eigenvalue weighted by Crippen LogP contribution is -2.31. The second-order valence-corrected chi connectivity index (χ2v) is 9.56. The van der Waals surface area contributed by atoms with Crippen LogP contribution in [-0.4, -0.2) is 42.9 Å². The fraction of sp³-hybridized carbons (Fsp3) is 0.458. The van der Waals surface area contributed by atoms with Crippen molar-refractivity contribution in [2.75, 3.05) is 11.9 Å². The molecule has 2 heterocycles. The van der Waals surface area contributed by atoms with E-state index in [1.54, 1.807) is 6.07 Å². The molecule has 0 unspecified atom stereocenters. The van der Waals surface area contributed by atoms with Crippen molar-refractivity contribution >= 4 is 22.5 Å². The normalized spacial score (nSPS) is 22.9. The Bertz CT molecular complexity index is 1250. The Labute approximate surface area is 191 Å². The third kappa shape index (κ3) is 4.59. The summed E-state index contributed by atoms with van der Waals surface area (Å²) in [4.78, 5) is 12.9. The molecule has 0 radical (unpaired) electrons. The number of hydrogen-bond donors (Lipinski definition) is 4. The van der Waals surface area contributed by atoms with Gasteiger partial charge in [0.15, 0.2) is 5.49 Å². The summed E-state index contributed by atoms with van der Waals surface area (Å²) >= 11 is 0. The van der Waals surface area contributed by atoms with E-state index in [-0.39, 0.29) is 17.2 Å². The largest absolute Gasteiger partial charge is 0.491 e. The lowest BCUT2D eigenvalue weighted by atomic mass is 9.84. The van der Waals surface area contributed by atoms with Crippen molar-refractivity contribution in [3.63, 3.8) is 0 Å². The van der Waals surface area contributed by atoms with Gasteiger partial charge in [-0.25, -0.2) is 0 Å². The standard InChI is InChI=1S/C24H29N5O4/c1-24(31)9-7-17(8-10-24)28-13-16-11-19(21(12-18(16)27-28)33-14-15-5-6-15)26-23(30)20-3-2-4-22(25)29(20)32/h2-4,11-13,15,17,25,31-32H,5-10,14H2,1H3,(H,26,30). The maximum absolute atomic E-state index is 12.9. The highest BCUT2D eigenvalue weighted by atomic mass is 16.5. The highest BCUT2D eigenvalue weighted by molar-refractivity contribution is 6.05. The van der Waals surface area contributed by atoms with E-state index in [0.717, 1.165) is 49.4 Å². The molecule has 2 aliphatic rings. The number of hydrogen-bond acceptors (Lipinski definition) is 6. The summed E-state index contributed by atoms with van der Waals surface area (Å²) in [5.41, 5.74) is 0.442. The van der Waals surface area contributed by atoms with Crippen molar-refractivity contribution in [3.8, 4) is 5.75 Å². The van der Waals surface area contributed by atoms with Gasteiger partial charge in [-0.2, -0.15) is 9.83 Å². The van der Waals surface area contributed by atoms with Gasteiger partial charge in [0.25, 0.3) is 5.91 Å². The van der Waals surface area contributed by atoms with Crippen molar-refractivity contribution in [1.82, 2.24) is 14.5 Å². The highest BCUT2D eigenvalue weighted by Gasteiger charge is 2.30. The van der Waals surface area contributed by atoms with E-state index in [0.29, 0.717) is 28.7 Å². The van der Waals surface area contributed by atoms with Gasteiger partial charge in [-0.3, -0.25) is 14.9 Å². The minimum atomic E-state index is -0.607. The van der Waals surface area contributed by atoms with Crippen LogP contribution in [0.15, 0.2) is 36.5 Å². The molecular formula is C24H29N5O4. The number of ether oxygens (including phenoxy) is 1. The monoisotopic (exact) mass is 451 g/mol. The Kier molecular flexibility index (Phi) is 5.36. The van der Waals surface area contributed by atoms with Crippen molar-refractivity contribution in [2.45, 2.75) is 57.1 Å². The first-order valence-electron chi connectivity index (χ1n) is 11.4. The number of rotatable bonds is 6. The van der Waals surface area contributed by atoms with Gasteiger partial charge in [-0.1, -0.05) is 6.07 Å². The van der Waals surface area contributed by atoms with Crippen LogP contribution in [0.25, 0.3) is 10.9 Å². The van der Waals surface area contributed by atoms with E-state index in [9.17, 15) is 15.1 Å². The van der Waals surface area contributed by atoms with E-state index in [1.807, 2.05) is 29.9 Å². The van der Waals surface area contributed by atoms with Crippen LogP contribution < -0.4 is 15.5 Å². The third-order valence-corrected chi connectivity index (χ3v) is 6.65. The molecule has 9 heteroatoms. The Morgan fingerprint density at radius 2 is 2.03 bits per heavy atom. The van der Waals surface area contributed by atoms with Gasteiger partial charge in [-0.15, -0.1) is 0 Å². The van der Waals surface area contributed by atoms with Gasteiger partial charge in [0.2, 0.25) is 0 Å². The number of fused-ring (bicyclic) bond motifs is 1. The van der Waals surface area contributed by atoms with Gasteiger partial charge in [0, 0.05) is 17.6 Å². The number of amides is 1. The molecule has 0 aliphatic heterocycles. The molecule has 0 atom stereocenters. The quantitative estimate of drug-likeness (QED) is 0.427. The molecule has 2 saturated carbocycles. The van der Waals surface area contributed by atoms with Crippen molar-refractivity contribution in [3.05, 3.63) is 47.7 Å². The zero-order valence-corrected chi connectivity index (χ0v) is 18.6. The molecule has 2 aromatic heterocycles. The van der Waals surface area contributed by atoms with Crippen molar-refractivity contribution in [2.24, 2.45) is 5.92 Å². The fourth-order valence-electron chi connectivity index (χ4n) is 4.32. The van der Waals surface area contributed by atoms with Crippen molar-refractivity contribution < 1.29 is 19.8 Å². The van der Waals surface area contributed by atoms with Gasteiger partial charge >= 0.3 is 0 Å². The van der Waals surface area contributed by atoms with Crippen LogP contribution in [0.4, 0.5) is 5.69 Å². The topological polar surface area (TPSA) is 125 Å². The second kappa shape index (κ2) is 8.22. The third-order valence-electron chi connectivity index (χ3n) is 6.65. The molecule has 0 bridgehead atoms. The predicted molar refractivity (Wildman–Crippen MR) is 122 cm³/mol. The molecule has 0 spiro atoms. The Morgan fingerprint density at radius 3 is 2.76 bits per heavy atom. The summed E-state index contributed by atoms with van der Waals surface area (Å²) < 4.78 is 8.55. The maximum Gasteiger partial charge on any atom is 0.275 e. The Hall–Kier alpha value is -3.33. The number of nitrogens with zero attached hydrogens (tertiary/aromatic N) is 3. The molecule has 4 N–H and O–H groups in total. The van der Waals surface area contributed by atoms with E-state index < -0.39 is 11.5 Å². The van der Waals surface area contributed by atoms with E-state index >= 15 is 0 Å². The van der Waals surface area contributed by atoms with Crippen LogP contribution in [0, 0.1) is 11.3 Å². The average Bonchev–Trinajstić information content (AvgIpc) is 3.52. The summed E-state index contributed by atoms with van der Waals surface area (Å²) in [5.74, 6) is 0.534. The minimum Gasteiger partial charge on any atom is -0.491 e. The maximum atomic E-state index is 12.9. The molecule has 5 rings (SSSR count). The zero-order chi connectivity index (χ0) is 23.2. The van der Waals surface area contributed by atoms with E-state index in [4.69, 9.17) is 15.2 Å². The SMILES string of the molecule is CC1(O)CCC(n2cc3cc(NC(=O)c4cccc(=N)n4O)c(OCC4CC4)cc3n2)CC1. The van der Waals surface area contributed by atoms with Gasteiger partial charge in [0.05, 0.1) is 29.5 Å². The molecule has 2 fully saturated rings. The average molecular weight is 452 g/mol. The first kappa shape index (κ1) is 21.5. The molecule has 1 aromatic carbocycles. The lowest BCUT2D eigenvalue weighted by molar-refractivity contribution is 0.00859. The van der Waals surface area contributed by atoms with Gasteiger partial charge in [-0.05, 0) is 69.6 Å². The number of aromatic nitrogens is 3. The number of pyridine rings is 1. The highest BCUT2D eigenvalue weighted by Crippen LogP contribution is 2.37. The number of nitrogens with one attached hydrogen (secondary N) is 2. The number of carbonyl (C=O) groups is 1. The molecular weight excluding hydrogens is 422 g/mol. The summed E-state index contributed by atoms with van der Waals surface area (Å²) in [6, 6.07) is 8.29. The number of carbonyl (C=O) groups excluding carboxylic acids is 1. The van der Waals surface area contributed by atoms with Crippen LogP contribution in [0.5, 0.6) is 5.75 Å². The second-order valence-electron chi connectivity index (χ2n) is 9.56. The van der Waals surface area contributed by atoms with Crippen LogP contribution >= 0.6 is 0 Å². The zero-order valence-electron chi connectivity index (χ0n) is 18.6. The first-order valence-corrected chi connectivity index (χ1v) is 11.4. The molecule has 1 amide bonds. The summed E-state index contributed by atoms with van der Waals surface area (Å²) in [5, 5.41) is 36.5. The molecule has 0 saturated heterocycles. The minimum absolute atomic E-state index is 0.0410. The van der Waals surface area contributed by atoms with Crippen molar-refractivity contribution in [1.29, 1.82) is 5.41 Å². The number of anilines is 1. The predicted octanol–water partition coefficient (Wildman–Crippen LogP) is 3.46. The van der Waals surface area contributed by atoms with E-state index in [1.165, 1.54) is 12.1 Å². The first-order chi connectivity index (χ1) is 15.8. The molecule has 2 aliphatic carbocycles. The smallest absolute Gasteiger partial charge is 0.275 e. The van der Waals surface area contributed by atoms with Crippen LogP contribution in [0.1, 0.15) is 62.0 Å². The number of benzene rings is 1.